The number of nitrogens with one attached hydrogen (secondary N) is 1. The Morgan fingerprint density at radius 2 is 1.85 bits per heavy atom. The maximum absolute atomic E-state index is 12.4. The van der Waals surface area contributed by atoms with E-state index in [0.717, 1.165) is 30.9 Å². The van der Waals surface area contributed by atoms with Crippen molar-refractivity contribution in [1.29, 1.82) is 0 Å². The molecule has 0 saturated heterocycles. The first-order valence-electron chi connectivity index (χ1n) is 9.53. The van der Waals surface area contributed by atoms with Gasteiger partial charge in [0.1, 0.15) is 18.1 Å². The highest BCUT2D eigenvalue weighted by atomic mass is 16.5. The number of aryl methyl sites for hydroxylation is 1. The average Bonchev–Trinajstić information content (AvgIpc) is 2.71. The predicted octanol–water partition coefficient (Wildman–Crippen LogP) is 3.99. The van der Waals surface area contributed by atoms with Crippen LogP contribution >= 0.6 is 0 Å². The second-order valence-corrected chi connectivity index (χ2v) is 6.27. The van der Waals surface area contributed by atoms with E-state index in [1.807, 2.05) is 48.5 Å². The van der Waals surface area contributed by atoms with E-state index in [9.17, 15) is 4.79 Å². The van der Waals surface area contributed by atoms with Gasteiger partial charge >= 0.3 is 0 Å². The smallest absolute Gasteiger partial charge is 0.224 e. The molecule has 1 amide bonds. The number of anilines is 1. The second-order valence-electron chi connectivity index (χ2n) is 6.27. The number of methoxy groups -OCH3 is 1. The van der Waals surface area contributed by atoms with Crippen molar-refractivity contribution in [2.24, 2.45) is 0 Å². The van der Waals surface area contributed by atoms with Crippen LogP contribution in [-0.4, -0.2) is 44.2 Å². The molecule has 0 radical (unpaired) electrons. The summed E-state index contributed by atoms with van der Waals surface area (Å²) in [6.07, 6.45) is 1.06. The van der Waals surface area contributed by atoms with Crippen molar-refractivity contribution in [2.75, 3.05) is 38.7 Å². The van der Waals surface area contributed by atoms with Crippen LogP contribution < -0.4 is 14.8 Å². The lowest BCUT2D eigenvalue weighted by atomic mass is 10.1. The molecule has 0 aliphatic heterocycles. The number of hydrogen-bond acceptors (Lipinski definition) is 4. The van der Waals surface area contributed by atoms with Crippen molar-refractivity contribution >= 4 is 11.6 Å². The van der Waals surface area contributed by atoms with Crippen LogP contribution in [0.25, 0.3) is 0 Å². The van der Waals surface area contributed by atoms with Gasteiger partial charge in [0.05, 0.1) is 12.8 Å². The number of benzene rings is 2. The lowest BCUT2D eigenvalue weighted by Crippen LogP contribution is -2.28. The van der Waals surface area contributed by atoms with Gasteiger partial charge in [-0.2, -0.15) is 0 Å². The van der Waals surface area contributed by atoms with E-state index in [2.05, 4.69) is 24.1 Å². The Balaban J connectivity index is 1.87. The highest BCUT2D eigenvalue weighted by Crippen LogP contribution is 2.24. The first-order valence-corrected chi connectivity index (χ1v) is 9.53. The van der Waals surface area contributed by atoms with Gasteiger partial charge in [-0.15, -0.1) is 0 Å². The molecule has 0 atom stereocenters. The molecule has 0 spiro atoms. The zero-order valence-electron chi connectivity index (χ0n) is 16.5. The first kappa shape index (κ1) is 20.8. The molecule has 0 fully saturated rings. The summed E-state index contributed by atoms with van der Waals surface area (Å²) >= 11 is 0. The Morgan fingerprint density at radius 1 is 1.07 bits per heavy atom. The van der Waals surface area contributed by atoms with Gasteiger partial charge in [0, 0.05) is 13.0 Å². The number of amides is 1. The maximum atomic E-state index is 12.4. The zero-order chi connectivity index (χ0) is 19.5. The zero-order valence-corrected chi connectivity index (χ0v) is 16.5. The third-order valence-corrected chi connectivity index (χ3v) is 4.50. The van der Waals surface area contributed by atoms with Gasteiger partial charge in [-0.3, -0.25) is 4.79 Å². The predicted molar refractivity (Wildman–Crippen MR) is 110 cm³/mol. The molecule has 5 nitrogen and oxygen atoms in total. The summed E-state index contributed by atoms with van der Waals surface area (Å²) in [5.41, 5.74) is 1.79. The van der Waals surface area contributed by atoms with Gasteiger partial charge < -0.3 is 19.7 Å². The third-order valence-electron chi connectivity index (χ3n) is 4.50. The summed E-state index contributed by atoms with van der Waals surface area (Å²) in [6.45, 7) is 7.74. The number of carbonyl (C=O) groups is 1. The number of hydrogen-bond donors (Lipinski definition) is 1. The minimum Gasteiger partial charge on any atom is -0.497 e. The van der Waals surface area contributed by atoms with Gasteiger partial charge in [-0.25, -0.2) is 0 Å². The molecule has 0 saturated carbocycles. The standard InChI is InChI=1S/C22H30N2O3/c1-4-24(5-2)15-16-27-21-12-7-6-11-20(21)23-22(25)14-13-18-9-8-10-19(17-18)26-3/h6-12,17H,4-5,13-16H2,1-3H3,(H,23,25). The molecule has 0 bridgehead atoms. The number of para-hydroxylation sites is 2. The van der Waals surface area contributed by atoms with E-state index in [0.29, 0.717) is 30.9 Å². The average molecular weight is 370 g/mol. The van der Waals surface area contributed by atoms with E-state index in [4.69, 9.17) is 9.47 Å². The van der Waals surface area contributed by atoms with Crippen molar-refractivity contribution < 1.29 is 14.3 Å². The number of carbonyl (C=O) groups excluding carboxylic acids is 1. The molecule has 0 unspecified atom stereocenters. The van der Waals surface area contributed by atoms with Crippen molar-refractivity contribution in [3.05, 3.63) is 54.1 Å². The van der Waals surface area contributed by atoms with Crippen molar-refractivity contribution in [2.45, 2.75) is 26.7 Å². The quantitative estimate of drug-likeness (QED) is 0.650. The Morgan fingerprint density at radius 3 is 2.59 bits per heavy atom. The molecular formula is C22H30N2O3. The molecule has 2 rings (SSSR count). The van der Waals surface area contributed by atoms with Crippen LogP contribution in [0.3, 0.4) is 0 Å². The fourth-order valence-corrected chi connectivity index (χ4v) is 2.82. The van der Waals surface area contributed by atoms with E-state index >= 15 is 0 Å². The minimum atomic E-state index is -0.0300. The Bertz CT molecular complexity index is 714. The summed E-state index contributed by atoms with van der Waals surface area (Å²) in [5.74, 6) is 1.48. The van der Waals surface area contributed by atoms with E-state index in [-0.39, 0.29) is 5.91 Å². The van der Waals surface area contributed by atoms with Crippen LogP contribution in [0.1, 0.15) is 25.8 Å². The van der Waals surface area contributed by atoms with Crippen molar-refractivity contribution in [3.63, 3.8) is 0 Å². The second kappa shape index (κ2) is 11.2. The van der Waals surface area contributed by atoms with Crippen LogP contribution in [0.15, 0.2) is 48.5 Å². The maximum Gasteiger partial charge on any atom is 0.224 e. The van der Waals surface area contributed by atoms with Crippen molar-refractivity contribution in [3.8, 4) is 11.5 Å². The largest absolute Gasteiger partial charge is 0.497 e. The van der Waals surface area contributed by atoms with Gasteiger partial charge in [-0.1, -0.05) is 38.1 Å². The highest BCUT2D eigenvalue weighted by molar-refractivity contribution is 5.92. The van der Waals surface area contributed by atoms with Crippen LogP contribution in [0, 0.1) is 0 Å². The Hall–Kier alpha value is -2.53. The molecule has 0 aromatic heterocycles. The molecule has 5 heteroatoms. The summed E-state index contributed by atoms with van der Waals surface area (Å²) in [4.78, 5) is 14.7. The lowest BCUT2D eigenvalue weighted by Gasteiger charge is -2.19. The summed E-state index contributed by atoms with van der Waals surface area (Å²) in [6, 6.07) is 15.4. The lowest BCUT2D eigenvalue weighted by molar-refractivity contribution is -0.116. The van der Waals surface area contributed by atoms with Crippen LogP contribution in [0.4, 0.5) is 5.69 Å². The molecule has 2 aromatic carbocycles. The van der Waals surface area contributed by atoms with Gasteiger partial charge in [-0.05, 0) is 49.3 Å². The summed E-state index contributed by atoms with van der Waals surface area (Å²) < 4.78 is 11.1. The van der Waals surface area contributed by atoms with Crippen LogP contribution in [-0.2, 0) is 11.2 Å². The third kappa shape index (κ3) is 6.94. The SMILES string of the molecule is CCN(CC)CCOc1ccccc1NC(=O)CCc1cccc(OC)c1. The molecule has 0 aliphatic rings. The van der Waals surface area contributed by atoms with E-state index < -0.39 is 0 Å². The molecule has 0 aliphatic carbocycles. The monoisotopic (exact) mass is 370 g/mol. The van der Waals surface area contributed by atoms with Crippen LogP contribution in [0.2, 0.25) is 0 Å². The topological polar surface area (TPSA) is 50.8 Å². The Labute approximate surface area is 162 Å². The van der Waals surface area contributed by atoms with Gasteiger partial charge in [0.25, 0.3) is 0 Å². The van der Waals surface area contributed by atoms with E-state index in [1.165, 1.54) is 0 Å². The molecule has 0 heterocycles. The highest BCUT2D eigenvalue weighted by Gasteiger charge is 2.09. The fourth-order valence-electron chi connectivity index (χ4n) is 2.82. The number of ether oxygens (including phenoxy) is 2. The van der Waals surface area contributed by atoms with Crippen molar-refractivity contribution in [1.82, 2.24) is 4.90 Å². The fraction of sp³-hybridized carbons (Fsp3) is 0.409. The van der Waals surface area contributed by atoms with E-state index in [1.54, 1.807) is 7.11 Å². The van der Waals surface area contributed by atoms with Gasteiger partial charge in [0.15, 0.2) is 0 Å². The Kier molecular flexibility index (Phi) is 8.65. The first-order chi connectivity index (χ1) is 13.2. The molecule has 27 heavy (non-hydrogen) atoms. The number of likely N-dealkylation sites (N-methyl/N-ethyl adjacent to an activating group) is 1. The molecule has 146 valence electrons. The molecule has 1 N–H and O–H groups in total. The normalized spacial score (nSPS) is 10.7. The molecular weight excluding hydrogens is 340 g/mol. The van der Waals surface area contributed by atoms with Gasteiger partial charge in [0.2, 0.25) is 5.91 Å². The van der Waals surface area contributed by atoms with Crippen LogP contribution in [0.5, 0.6) is 11.5 Å². The summed E-state index contributed by atoms with van der Waals surface area (Å²) in [7, 11) is 1.64. The number of nitrogens with zero attached hydrogens (tertiary/aromatic N) is 1. The summed E-state index contributed by atoms with van der Waals surface area (Å²) in [5, 5.41) is 2.97. The minimum absolute atomic E-state index is 0.0300. The molecule has 2 aromatic rings. The number of rotatable bonds is 11.